The number of ketones is 1. The first kappa shape index (κ1) is 18.5. The van der Waals surface area contributed by atoms with E-state index in [4.69, 9.17) is 4.74 Å². The average molecular weight is 383 g/mol. The van der Waals surface area contributed by atoms with Crippen LogP contribution in [0.25, 0.3) is 11.3 Å². The molecule has 0 aliphatic heterocycles. The van der Waals surface area contributed by atoms with Gasteiger partial charge in [-0.2, -0.15) is 0 Å². The number of Topliss-reactive ketones (excluding diaryl/α,β-unsaturated/α-hetero) is 1. The second-order valence-electron chi connectivity index (χ2n) is 5.73. The molecule has 27 heavy (non-hydrogen) atoms. The molecular formula is C19H17N3O4S. The first-order valence-electron chi connectivity index (χ1n) is 8.01. The minimum absolute atomic E-state index is 0.0714. The van der Waals surface area contributed by atoms with Gasteiger partial charge < -0.3 is 4.74 Å². The number of benzene rings is 2. The largest absolute Gasteiger partial charge is 0.480 e. The van der Waals surface area contributed by atoms with Gasteiger partial charge in [0.25, 0.3) is 10.0 Å². The van der Waals surface area contributed by atoms with Crippen LogP contribution in [0.3, 0.4) is 0 Å². The maximum atomic E-state index is 12.6. The van der Waals surface area contributed by atoms with E-state index >= 15 is 0 Å². The molecule has 2 aromatic carbocycles. The molecule has 0 aliphatic rings. The maximum Gasteiger partial charge on any atom is 0.261 e. The highest BCUT2D eigenvalue weighted by Crippen LogP contribution is 2.23. The Morgan fingerprint density at radius 3 is 2.33 bits per heavy atom. The third kappa shape index (κ3) is 4.29. The van der Waals surface area contributed by atoms with Gasteiger partial charge in [0.15, 0.2) is 5.78 Å². The average Bonchev–Trinajstić information content (AvgIpc) is 2.68. The molecule has 0 saturated heterocycles. The second-order valence-corrected chi connectivity index (χ2v) is 7.41. The number of hydrogen-bond donors (Lipinski definition) is 1. The van der Waals surface area contributed by atoms with Gasteiger partial charge in [-0.25, -0.2) is 8.42 Å². The minimum Gasteiger partial charge on any atom is -0.480 e. The van der Waals surface area contributed by atoms with Gasteiger partial charge in [0.2, 0.25) is 5.88 Å². The van der Waals surface area contributed by atoms with Crippen molar-refractivity contribution in [2.24, 2.45) is 0 Å². The summed E-state index contributed by atoms with van der Waals surface area (Å²) in [7, 11) is -2.28. The zero-order valence-corrected chi connectivity index (χ0v) is 15.5. The summed E-state index contributed by atoms with van der Waals surface area (Å²) in [6.07, 6.45) is 0. The normalized spacial score (nSPS) is 11.0. The van der Waals surface area contributed by atoms with Gasteiger partial charge in [0.1, 0.15) is 0 Å². The predicted octanol–water partition coefficient (Wildman–Crippen LogP) is 3.16. The highest BCUT2D eigenvalue weighted by Gasteiger charge is 2.15. The number of anilines is 1. The van der Waals surface area contributed by atoms with Crippen LogP contribution in [-0.2, 0) is 10.0 Å². The molecule has 1 N–H and O–H groups in total. The van der Waals surface area contributed by atoms with E-state index < -0.39 is 10.0 Å². The molecule has 0 radical (unpaired) electrons. The first-order valence-corrected chi connectivity index (χ1v) is 9.49. The van der Waals surface area contributed by atoms with Gasteiger partial charge in [-0.05, 0) is 37.3 Å². The van der Waals surface area contributed by atoms with Crippen molar-refractivity contribution in [1.29, 1.82) is 0 Å². The van der Waals surface area contributed by atoms with E-state index in [1.807, 2.05) is 0 Å². The van der Waals surface area contributed by atoms with Crippen molar-refractivity contribution in [3.8, 4) is 17.1 Å². The van der Waals surface area contributed by atoms with Gasteiger partial charge in [0.05, 0.1) is 17.7 Å². The zero-order chi connectivity index (χ0) is 19.4. The molecule has 1 heterocycles. The monoisotopic (exact) mass is 383 g/mol. The fraction of sp³-hybridized carbons (Fsp3) is 0.105. The number of carbonyl (C=O) groups is 1. The summed E-state index contributed by atoms with van der Waals surface area (Å²) in [6, 6.07) is 16.0. The Labute approximate surface area is 157 Å². The number of rotatable bonds is 6. The van der Waals surface area contributed by atoms with Crippen molar-refractivity contribution in [1.82, 2.24) is 10.2 Å². The van der Waals surface area contributed by atoms with Crippen molar-refractivity contribution in [3.63, 3.8) is 0 Å². The summed E-state index contributed by atoms with van der Waals surface area (Å²) < 4.78 is 32.7. The van der Waals surface area contributed by atoms with Gasteiger partial charge in [-0.3, -0.25) is 9.52 Å². The van der Waals surface area contributed by atoms with E-state index in [1.165, 1.54) is 38.3 Å². The lowest BCUT2D eigenvalue weighted by Gasteiger charge is -2.10. The Bertz CT molecular complexity index is 1060. The van der Waals surface area contributed by atoms with E-state index in [1.54, 1.807) is 36.4 Å². The molecule has 0 saturated carbocycles. The molecule has 0 amide bonds. The van der Waals surface area contributed by atoms with E-state index in [2.05, 4.69) is 14.9 Å². The van der Waals surface area contributed by atoms with Crippen LogP contribution < -0.4 is 9.46 Å². The molecule has 3 rings (SSSR count). The molecule has 3 aromatic rings. The molecule has 138 valence electrons. The third-order valence-electron chi connectivity index (χ3n) is 3.83. The Morgan fingerprint density at radius 1 is 1.00 bits per heavy atom. The molecule has 0 unspecified atom stereocenters. The van der Waals surface area contributed by atoms with Crippen LogP contribution in [-0.4, -0.2) is 31.5 Å². The SMILES string of the molecule is COc1ccc(-c2cccc(NS(=O)(=O)c3ccc(C(C)=O)cc3)c2)nn1. The maximum absolute atomic E-state index is 12.6. The predicted molar refractivity (Wildman–Crippen MR) is 101 cm³/mol. The summed E-state index contributed by atoms with van der Waals surface area (Å²) in [6.45, 7) is 1.43. The van der Waals surface area contributed by atoms with Gasteiger partial charge in [-0.1, -0.05) is 24.3 Å². The standard InChI is InChI=1S/C19H17N3O4S/c1-13(23)14-6-8-17(9-7-14)27(24,25)22-16-5-3-4-15(12-16)18-10-11-19(26-2)21-20-18/h3-12,22H,1-2H3. The molecule has 7 nitrogen and oxygen atoms in total. The molecule has 0 fully saturated rings. The second kappa shape index (κ2) is 7.55. The number of hydrogen-bond acceptors (Lipinski definition) is 6. The number of carbonyl (C=O) groups excluding carboxylic acids is 1. The topological polar surface area (TPSA) is 98.2 Å². The van der Waals surface area contributed by atoms with Crippen molar-refractivity contribution in [3.05, 3.63) is 66.2 Å². The molecule has 8 heteroatoms. The van der Waals surface area contributed by atoms with Crippen LogP contribution >= 0.6 is 0 Å². The molecule has 1 aromatic heterocycles. The van der Waals surface area contributed by atoms with Crippen LogP contribution in [0.1, 0.15) is 17.3 Å². The minimum atomic E-state index is -3.78. The van der Waals surface area contributed by atoms with Gasteiger partial charge in [-0.15, -0.1) is 10.2 Å². The molecule has 0 aliphatic carbocycles. The van der Waals surface area contributed by atoms with Crippen LogP contribution in [0.4, 0.5) is 5.69 Å². The summed E-state index contributed by atoms with van der Waals surface area (Å²) in [5, 5.41) is 7.97. The van der Waals surface area contributed by atoms with Crippen molar-refractivity contribution in [2.45, 2.75) is 11.8 Å². The Balaban J connectivity index is 1.85. The Kier molecular flexibility index (Phi) is 5.18. The van der Waals surface area contributed by atoms with Crippen LogP contribution in [0.5, 0.6) is 5.88 Å². The first-order chi connectivity index (χ1) is 12.9. The molecule has 0 spiro atoms. The highest BCUT2D eigenvalue weighted by atomic mass is 32.2. The number of sulfonamides is 1. The fourth-order valence-electron chi connectivity index (χ4n) is 2.41. The quantitative estimate of drug-likeness (QED) is 0.657. The van der Waals surface area contributed by atoms with Crippen molar-refractivity contribution < 1.29 is 17.9 Å². The van der Waals surface area contributed by atoms with Crippen LogP contribution in [0, 0.1) is 0 Å². The molecule has 0 atom stereocenters. The van der Waals surface area contributed by atoms with Gasteiger partial charge in [0, 0.05) is 22.9 Å². The summed E-state index contributed by atoms with van der Waals surface area (Å²) in [4.78, 5) is 11.4. The van der Waals surface area contributed by atoms with E-state index in [9.17, 15) is 13.2 Å². The van der Waals surface area contributed by atoms with E-state index in [0.717, 1.165) is 0 Å². The summed E-state index contributed by atoms with van der Waals surface area (Å²) in [5.74, 6) is 0.268. The number of ether oxygens (including phenoxy) is 1. The Hall–Kier alpha value is -3.26. The van der Waals surface area contributed by atoms with E-state index in [0.29, 0.717) is 28.4 Å². The third-order valence-corrected chi connectivity index (χ3v) is 5.23. The zero-order valence-electron chi connectivity index (χ0n) is 14.7. The number of methoxy groups -OCH3 is 1. The number of nitrogens with zero attached hydrogens (tertiary/aromatic N) is 2. The lowest BCUT2D eigenvalue weighted by atomic mass is 10.1. The van der Waals surface area contributed by atoms with Crippen LogP contribution in [0.2, 0.25) is 0 Å². The van der Waals surface area contributed by atoms with Crippen LogP contribution in [0.15, 0.2) is 65.6 Å². The summed E-state index contributed by atoms with van der Waals surface area (Å²) in [5.41, 5.74) is 2.13. The van der Waals surface area contributed by atoms with Crippen molar-refractivity contribution >= 4 is 21.5 Å². The van der Waals surface area contributed by atoms with E-state index in [-0.39, 0.29) is 10.7 Å². The number of nitrogens with one attached hydrogen (secondary N) is 1. The molecule has 0 bridgehead atoms. The lowest BCUT2D eigenvalue weighted by molar-refractivity contribution is 0.101. The smallest absolute Gasteiger partial charge is 0.261 e. The molecular weight excluding hydrogens is 366 g/mol. The number of aromatic nitrogens is 2. The Morgan fingerprint density at radius 2 is 1.74 bits per heavy atom. The summed E-state index contributed by atoms with van der Waals surface area (Å²) >= 11 is 0. The highest BCUT2D eigenvalue weighted by molar-refractivity contribution is 7.92. The lowest BCUT2D eigenvalue weighted by Crippen LogP contribution is -2.13. The fourth-order valence-corrected chi connectivity index (χ4v) is 3.46. The van der Waals surface area contributed by atoms with Crippen molar-refractivity contribution in [2.75, 3.05) is 11.8 Å². The van der Waals surface area contributed by atoms with Gasteiger partial charge >= 0.3 is 0 Å².